The molecule has 1 saturated heterocycles. The van der Waals surface area contributed by atoms with Crippen LogP contribution in [0, 0.1) is 5.92 Å². The van der Waals surface area contributed by atoms with Gasteiger partial charge >= 0.3 is 11.9 Å². The van der Waals surface area contributed by atoms with Crippen molar-refractivity contribution < 1.29 is 49.7 Å². The highest BCUT2D eigenvalue weighted by atomic mass is 16.7. The van der Waals surface area contributed by atoms with Gasteiger partial charge in [-0.2, -0.15) is 0 Å². The van der Waals surface area contributed by atoms with Crippen molar-refractivity contribution in [2.24, 2.45) is 5.92 Å². The Morgan fingerprint density at radius 3 is 2.32 bits per heavy atom. The molecule has 10 nitrogen and oxygen atoms in total. The Balaban J connectivity index is 2.81. The predicted molar refractivity (Wildman–Crippen MR) is 95.2 cm³/mol. The number of hydrogen-bond donors (Lipinski definition) is 6. The molecule has 28 heavy (non-hydrogen) atoms. The van der Waals surface area contributed by atoms with Gasteiger partial charge in [-0.3, -0.25) is 4.79 Å². The molecule has 1 rings (SSSR count). The third-order valence-corrected chi connectivity index (χ3v) is 4.50. The molecule has 1 aliphatic heterocycles. The fraction of sp³-hybridized carbons (Fsp3) is 0.667. The monoisotopic (exact) mass is 404 g/mol. The van der Waals surface area contributed by atoms with Gasteiger partial charge in [-0.1, -0.05) is 25.2 Å². The summed E-state index contributed by atoms with van der Waals surface area (Å²) in [6.45, 7) is 2.52. The van der Waals surface area contributed by atoms with E-state index in [-0.39, 0.29) is 11.5 Å². The lowest BCUT2D eigenvalue weighted by molar-refractivity contribution is -0.314. The van der Waals surface area contributed by atoms with E-state index in [1.165, 1.54) is 19.1 Å². The summed E-state index contributed by atoms with van der Waals surface area (Å²) < 4.78 is 10.8. The van der Waals surface area contributed by atoms with E-state index in [2.05, 4.69) is 0 Å². The van der Waals surface area contributed by atoms with Gasteiger partial charge in [0, 0.05) is 5.57 Å². The van der Waals surface area contributed by atoms with E-state index in [1.54, 1.807) is 13.0 Å². The molecule has 0 bridgehead atoms. The molecule has 2 unspecified atom stereocenters. The van der Waals surface area contributed by atoms with Crippen LogP contribution in [0.3, 0.4) is 0 Å². The van der Waals surface area contributed by atoms with E-state index in [1.807, 2.05) is 0 Å². The minimum Gasteiger partial charge on any atom is -0.481 e. The molecular formula is C18H28O10. The van der Waals surface area contributed by atoms with Crippen molar-refractivity contribution >= 4 is 11.9 Å². The lowest BCUT2D eigenvalue weighted by Gasteiger charge is -2.41. The normalized spacial score (nSPS) is 30.9. The topological polar surface area (TPSA) is 174 Å². The van der Waals surface area contributed by atoms with Crippen LogP contribution in [0.25, 0.3) is 0 Å². The summed E-state index contributed by atoms with van der Waals surface area (Å²) in [5, 5.41) is 56.8. The molecule has 7 atom stereocenters. The Morgan fingerprint density at radius 2 is 1.79 bits per heavy atom. The summed E-state index contributed by atoms with van der Waals surface area (Å²) in [7, 11) is 0. The number of aliphatic hydroxyl groups excluding tert-OH is 4. The van der Waals surface area contributed by atoms with Crippen molar-refractivity contribution in [2.75, 3.05) is 6.61 Å². The van der Waals surface area contributed by atoms with Crippen LogP contribution in [0.15, 0.2) is 23.8 Å². The number of carboxylic acid groups (broad SMARTS) is 2. The average molecular weight is 404 g/mol. The number of hydrogen-bond acceptors (Lipinski definition) is 8. The first-order valence-electron chi connectivity index (χ1n) is 8.83. The van der Waals surface area contributed by atoms with Gasteiger partial charge in [0.25, 0.3) is 0 Å². The molecule has 10 heteroatoms. The van der Waals surface area contributed by atoms with Crippen LogP contribution >= 0.6 is 0 Å². The molecule has 0 aliphatic carbocycles. The van der Waals surface area contributed by atoms with Gasteiger partial charge in [-0.05, 0) is 19.3 Å². The molecule has 6 N–H and O–H groups in total. The second kappa shape index (κ2) is 11.2. The van der Waals surface area contributed by atoms with E-state index in [0.29, 0.717) is 6.42 Å². The first kappa shape index (κ1) is 24.2. The molecule has 0 aromatic carbocycles. The highest BCUT2D eigenvalue weighted by molar-refractivity contribution is 5.86. The molecule has 0 saturated carbocycles. The quantitative estimate of drug-likeness (QED) is 0.201. The van der Waals surface area contributed by atoms with E-state index >= 15 is 0 Å². The molecule has 0 aromatic rings. The van der Waals surface area contributed by atoms with E-state index < -0.39 is 61.8 Å². The van der Waals surface area contributed by atoms with Crippen molar-refractivity contribution in [1.82, 2.24) is 0 Å². The molecule has 160 valence electrons. The van der Waals surface area contributed by atoms with Crippen molar-refractivity contribution in [3.8, 4) is 0 Å². The molecular weight excluding hydrogens is 376 g/mol. The van der Waals surface area contributed by atoms with Gasteiger partial charge in [0.05, 0.1) is 19.1 Å². The fourth-order valence-electron chi connectivity index (χ4n) is 2.64. The third kappa shape index (κ3) is 6.97. The van der Waals surface area contributed by atoms with Crippen molar-refractivity contribution in [1.29, 1.82) is 0 Å². The van der Waals surface area contributed by atoms with Gasteiger partial charge in [-0.25, -0.2) is 4.79 Å². The summed E-state index contributed by atoms with van der Waals surface area (Å²) in [6, 6.07) is 0. The highest BCUT2D eigenvalue weighted by Crippen LogP contribution is 2.26. The first-order chi connectivity index (χ1) is 13.1. The van der Waals surface area contributed by atoms with Gasteiger partial charge in [0.1, 0.15) is 24.4 Å². The van der Waals surface area contributed by atoms with Crippen LogP contribution in [-0.4, -0.2) is 86.0 Å². The second-order valence-electron chi connectivity index (χ2n) is 6.77. The lowest BCUT2D eigenvalue weighted by atomic mass is 9.96. The predicted octanol–water partition coefficient (Wildman–Crippen LogP) is -0.740. The molecule has 1 fully saturated rings. The number of rotatable bonds is 10. The molecule has 0 spiro atoms. The van der Waals surface area contributed by atoms with Crippen LogP contribution in [0.1, 0.15) is 26.7 Å². The van der Waals surface area contributed by atoms with Crippen molar-refractivity contribution in [2.45, 2.75) is 63.5 Å². The van der Waals surface area contributed by atoms with E-state index in [4.69, 9.17) is 19.7 Å². The van der Waals surface area contributed by atoms with Gasteiger partial charge in [0.2, 0.25) is 0 Å². The highest BCUT2D eigenvalue weighted by Gasteiger charge is 2.45. The third-order valence-electron chi connectivity index (χ3n) is 4.50. The number of carboxylic acids is 2. The van der Waals surface area contributed by atoms with Crippen LogP contribution in [0.2, 0.25) is 0 Å². The maximum Gasteiger partial charge on any atom is 0.331 e. The summed E-state index contributed by atoms with van der Waals surface area (Å²) in [6.07, 6.45) is -3.76. The SMILES string of the molecule is CC(=CC=CCC(C)C(CC(=O)O)O[C@@H]1O[C@H](CO)[C@@H](O)[C@H](O)[C@H]1O)C(=O)O. The number of aliphatic hydroxyl groups is 4. The van der Waals surface area contributed by atoms with Crippen LogP contribution < -0.4 is 0 Å². The summed E-state index contributed by atoms with van der Waals surface area (Å²) in [4.78, 5) is 21.9. The molecule has 1 heterocycles. The van der Waals surface area contributed by atoms with Crippen LogP contribution in [0.4, 0.5) is 0 Å². The molecule has 0 amide bonds. The Hall–Kier alpha value is -1.82. The molecule has 1 aliphatic rings. The number of ether oxygens (including phenoxy) is 2. The minimum atomic E-state index is -1.63. The fourth-order valence-corrected chi connectivity index (χ4v) is 2.64. The van der Waals surface area contributed by atoms with Crippen LogP contribution in [-0.2, 0) is 19.1 Å². The standard InChI is InChI=1S/C18H28O10/c1-9(5-3-4-6-10(2)17(25)26)11(7-13(20)21)27-18-16(24)15(23)14(22)12(8-19)28-18/h3-4,6,9,11-12,14-16,18-19,22-24H,5,7-8H2,1-2H3,(H,20,21)(H,25,26)/t9?,11?,12-,14-,15+,16-,18-/m1/s1. The minimum absolute atomic E-state index is 0.142. The van der Waals surface area contributed by atoms with E-state index in [9.17, 15) is 30.0 Å². The van der Waals surface area contributed by atoms with E-state index in [0.717, 1.165) is 0 Å². The Labute approximate surface area is 162 Å². The molecule has 0 aromatic heterocycles. The van der Waals surface area contributed by atoms with Gasteiger partial charge in [-0.15, -0.1) is 0 Å². The zero-order valence-corrected chi connectivity index (χ0v) is 15.7. The first-order valence-corrected chi connectivity index (χ1v) is 8.83. The Kier molecular flexibility index (Phi) is 9.73. The number of aliphatic carboxylic acids is 2. The zero-order valence-electron chi connectivity index (χ0n) is 15.7. The van der Waals surface area contributed by atoms with Crippen LogP contribution in [0.5, 0.6) is 0 Å². The molecule has 0 radical (unpaired) electrons. The maximum absolute atomic E-state index is 11.2. The van der Waals surface area contributed by atoms with Crippen molar-refractivity contribution in [3.05, 3.63) is 23.8 Å². The number of allylic oxidation sites excluding steroid dienone is 3. The Morgan fingerprint density at radius 1 is 1.14 bits per heavy atom. The van der Waals surface area contributed by atoms with Gasteiger partial charge < -0.3 is 40.1 Å². The van der Waals surface area contributed by atoms with Gasteiger partial charge in [0.15, 0.2) is 6.29 Å². The summed E-state index contributed by atoms with van der Waals surface area (Å²) >= 11 is 0. The zero-order chi connectivity index (χ0) is 21.4. The van der Waals surface area contributed by atoms with Crippen molar-refractivity contribution in [3.63, 3.8) is 0 Å². The number of carbonyl (C=O) groups is 2. The summed E-state index contributed by atoms with van der Waals surface area (Å²) in [5.41, 5.74) is 0.142. The second-order valence-corrected chi connectivity index (χ2v) is 6.77. The lowest BCUT2D eigenvalue weighted by Crippen LogP contribution is -2.60. The maximum atomic E-state index is 11.2. The average Bonchev–Trinajstić information content (AvgIpc) is 2.63. The Bertz CT molecular complexity index is 585. The largest absolute Gasteiger partial charge is 0.481 e. The smallest absolute Gasteiger partial charge is 0.331 e. The summed E-state index contributed by atoms with van der Waals surface area (Å²) in [5.74, 6) is -2.56.